The van der Waals surface area contributed by atoms with Gasteiger partial charge in [-0.1, -0.05) is 27.0 Å². The number of hydrogen-bond donors (Lipinski definition) is 2. The fourth-order valence-corrected chi connectivity index (χ4v) is 11.9. The average Bonchev–Trinajstić information content (AvgIpc) is 3.74. The summed E-state index contributed by atoms with van der Waals surface area (Å²) >= 11 is 0. The summed E-state index contributed by atoms with van der Waals surface area (Å²) in [5, 5.41) is 20.6. The van der Waals surface area contributed by atoms with Crippen molar-refractivity contribution in [1.29, 1.82) is 0 Å². The van der Waals surface area contributed by atoms with E-state index in [1.807, 2.05) is 6.92 Å². The largest absolute Gasteiger partial charge is 0.459 e. The SMILES string of the molecule is C=C1C2C[C@@H]3O[C@H]4C[C@@H](O)[C@@H](CCO)O[C@H]4[C@H](C)[C@H]3OC(=O)CC3CC[C@@H]4O[C@H]5C6O[C@]7(CCC8CC(=C)[C@H](CC[C@@H](C[C@H]1C)O2)O8)C[C@H]6O[C@H]5[C@@H](O7)[C@H]4O3. The number of ether oxygens (including phenoxy) is 10. The van der Waals surface area contributed by atoms with Crippen LogP contribution >= 0.6 is 0 Å². The molecule has 11 saturated heterocycles. The minimum Gasteiger partial charge on any atom is -0.459 e. The van der Waals surface area contributed by atoms with Crippen LogP contribution in [-0.4, -0.2) is 138 Å². The number of carbonyl (C=O) groups is 1. The van der Waals surface area contributed by atoms with Crippen LogP contribution in [0.5, 0.6) is 0 Å². The van der Waals surface area contributed by atoms with E-state index in [2.05, 4.69) is 20.1 Å². The minimum absolute atomic E-state index is 0.00281. The number of carbonyl (C=O) groups excluding carboxylic acids is 1. The summed E-state index contributed by atoms with van der Waals surface area (Å²) in [4.78, 5) is 14.0. The van der Waals surface area contributed by atoms with Gasteiger partial charge in [0.25, 0.3) is 0 Å². The molecule has 0 aliphatic carbocycles. The zero-order valence-electron chi connectivity index (χ0n) is 32.2. The van der Waals surface area contributed by atoms with Gasteiger partial charge in [-0.25, -0.2) is 0 Å². The Morgan fingerprint density at radius 2 is 1.42 bits per heavy atom. The first-order valence-corrected chi connectivity index (χ1v) is 21.3. The Bertz CT molecular complexity index is 1490. The van der Waals surface area contributed by atoms with Gasteiger partial charge in [0.15, 0.2) is 5.79 Å². The fraction of sp³-hybridized carbons (Fsp3) is 0.881. The van der Waals surface area contributed by atoms with Gasteiger partial charge >= 0.3 is 5.97 Å². The Balaban J connectivity index is 0.934. The van der Waals surface area contributed by atoms with Crippen LogP contribution in [0.4, 0.5) is 0 Å². The lowest BCUT2D eigenvalue weighted by molar-refractivity contribution is -0.293. The van der Waals surface area contributed by atoms with Crippen LogP contribution in [0, 0.1) is 11.8 Å². The lowest BCUT2D eigenvalue weighted by Crippen LogP contribution is -2.62. The third kappa shape index (κ3) is 6.79. The molecule has 55 heavy (non-hydrogen) atoms. The van der Waals surface area contributed by atoms with Crippen LogP contribution in [0.25, 0.3) is 0 Å². The van der Waals surface area contributed by atoms with Gasteiger partial charge < -0.3 is 57.6 Å². The van der Waals surface area contributed by atoms with E-state index in [4.69, 9.17) is 47.4 Å². The summed E-state index contributed by atoms with van der Waals surface area (Å²) in [6.07, 6.45) is 2.38. The van der Waals surface area contributed by atoms with Crippen LogP contribution in [0.1, 0.15) is 97.3 Å². The molecule has 0 saturated carbocycles. The van der Waals surface area contributed by atoms with Gasteiger partial charge in [0.05, 0.1) is 79.7 Å². The van der Waals surface area contributed by atoms with Crippen molar-refractivity contribution in [2.45, 2.75) is 213 Å². The second kappa shape index (κ2) is 14.7. The van der Waals surface area contributed by atoms with Crippen molar-refractivity contribution < 1.29 is 62.4 Å². The predicted molar refractivity (Wildman–Crippen MR) is 193 cm³/mol. The molecular weight excluding hydrogens is 712 g/mol. The Morgan fingerprint density at radius 3 is 2.27 bits per heavy atom. The third-order valence-corrected chi connectivity index (χ3v) is 14.8. The summed E-state index contributed by atoms with van der Waals surface area (Å²) in [5.74, 6) is -1.18. The van der Waals surface area contributed by atoms with Gasteiger partial charge in [-0.2, -0.15) is 0 Å². The van der Waals surface area contributed by atoms with Crippen molar-refractivity contribution in [1.82, 2.24) is 0 Å². The van der Waals surface area contributed by atoms with E-state index in [1.165, 1.54) is 0 Å². The van der Waals surface area contributed by atoms with Crippen molar-refractivity contribution in [3.63, 3.8) is 0 Å². The number of aliphatic hydroxyl groups excluding tert-OH is 2. The molecule has 11 aliphatic rings. The molecule has 1 spiro atoms. The molecule has 13 heteroatoms. The number of hydrogen-bond acceptors (Lipinski definition) is 13. The fourth-order valence-electron chi connectivity index (χ4n) is 11.9. The molecule has 11 rings (SSSR count). The summed E-state index contributed by atoms with van der Waals surface area (Å²) < 4.78 is 66.9. The molecule has 0 aromatic carbocycles. The molecule has 0 amide bonds. The van der Waals surface area contributed by atoms with E-state index < -0.39 is 48.5 Å². The summed E-state index contributed by atoms with van der Waals surface area (Å²) in [6, 6.07) is 0. The Morgan fingerprint density at radius 1 is 0.673 bits per heavy atom. The van der Waals surface area contributed by atoms with E-state index in [0.29, 0.717) is 38.5 Å². The normalized spacial score (nSPS) is 54.9. The molecule has 306 valence electrons. The number of rotatable bonds is 2. The maximum absolute atomic E-state index is 14.0. The first-order chi connectivity index (χ1) is 26.5. The Kier molecular flexibility index (Phi) is 10.1. The monoisotopic (exact) mass is 772 g/mol. The summed E-state index contributed by atoms with van der Waals surface area (Å²) in [6.45, 7) is 13.1. The maximum atomic E-state index is 14.0. The zero-order chi connectivity index (χ0) is 37.7. The first-order valence-electron chi connectivity index (χ1n) is 21.3. The molecule has 12 bridgehead atoms. The molecule has 11 heterocycles. The summed E-state index contributed by atoms with van der Waals surface area (Å²) in [5.41, 5.74) is 2.14. The van der Waals surface area contributed by atoms with E-state index >= 15 is 0 Å². The second-order valence-corrected chi connectivity index (χ2v) is 18.5. The van der Waals surface area contributed by atoms with E-state index in [1.54, 1.807) is 0 Å². The van der Waals surface area contributed by atoms with E-state index in [-0.39, 0.29) is 98.0 Å². The van der Waals surface area contributed by atoms with Crippen molar-refractivity contribution >= 4 is 5.97 Å². The van der Waals surface area contributed by atoms with Crippen molar-refractivity contribution in [2.75, 3.05) is 6.61 Å². The highest BCUT2D eigenvalue weighted by atomic mass is 16.8. The minimum atomic E-state index is -0.808. The van der Waals surface area contributed by atoms with Gasteiger partial charge in [-0.15, -0.1) is 0 Å². The Hall–Kier alpha value is -1.49. The number of esters is 1. The van der Waals surface area contributed by atoms with Gasteiger partial charge in [0.1, 0.15) is 36.6 Å². The molecule has 11 fully saturated rings. The van der Waals surface area contributed by atoms with Crippen LogP contribution in [-0.2, 0) is 52.2 Å². The zero-order valence-corrected chi connectivity index (χ0v) is 32.2. The highest BCUT2D eigenvalue weighted by Crippen LogP contribution is 2.54. The molecule has 0 aromatic heterocycles. The van der Waals surface area contributed by atoms with E-state index in [9.17, 15) is 15.0 Å². The highest BCUT2D eigenvalue weighted by molar-refractivity contribution is 5.70. The van der Waals surface area contributed by atoms with Gasteiger partial charge in [0, 0.05) is 38.2 Å². The van der Waals surface area contributed by atoms with E-state index in [0.717, 1.165) is 49.7 Å². The Labute approximate surface area is 323 Å². The lowest BCUT2D eigenvalue weighted by atomic mass is 9.79. The number of fused-ring (bicyclic) bond motifs is 7. The molecule has 13 nitrogen and oxygen atoms in total. The first kappa shape index (κ1) is 37.8. The van der Waals surface area contributed by atoms with Gasteiger partial charge in [-0.05, 0) is 68.4 Å². The molecule has 0 radical (unpaired) electrons. The van der Waals surface area contributed by atoms with Crippen LogP contribution in [0.15, 0.2) is 24.3 Å². The smallest absolute Gasteiger partial charge is 0.308 e. The third-order valence-electron chi connectivity index (χ3n) is 14.8. The van der Waals surface area contributed by atoms with Gasteiger partial charge in [0.2, 0.25) is 0 Å². The van der Waals surface area contributed by atoms with Crippen molar-refractivity contribution in [3.05, 3.63) is 24.3 Å². The quantitative estimate of drug-likeness (QED) is 0.312. The molecule has 11 aliphatic heterocycles. The maximum Gasteiger partial charge on any atom is 0.308 e. The van der Waals surface area contributed by atoms with Gasteiger partial charge in [-0.3, -0.25) is 4.79 Å². The van der Waals surface area contributed by atoms with Crippen molar-refractivity contribution in [2.24, 2.45) is 11.8 Å². The number of aliphatic hydroxyl groups is 2. The molecule has 0 aromatic rings. The van der Waals surface area contributed by atoms with Crippen LogP contribution in [0.3, 0.4) is 0 Å². The topological polar surface area (TPSA) is 150 Å². The average molecular weight is 773 g/mol. The molecule has 2 N–H and O–H groups in total. The summed E-state index contributed by atoms with van der Waals surface area (Å²) in [7, 11) is 0. The van der Waals surface area contributed by atoms with Crippen LogP contribution in [0.2, 0.25) is 0 Å². The standard InChI is InChI=1S/C42H60O13/c1-19-13-23-5-7-27-20(2)14-25(46-27)9-11-42-18-33-38(54-42)39-40(52-33)41(55-42)37-29(51-39)8-6-24(48-37)15-34(45)53-36-22(4)35-31(16-26(44)28(50-35)10-12-43)49-32(36)17-30(47-23)21(19)3/h19,22-33,35-41,43-44H,2-3,5-18H2,1,4H3/t19-,22+,23+,24?,25?,26-,27+,28-,29+,30?,31+,32+,33-,35+,36-,37+,38?,39+,40-,41+,42+/m1/s1. The predicted octanol–water partition coefficient (Wildman–Crippen LogP) is 3.59. The second-order valence-electron chi connectivity index (χ2n) is 18.5. The highest BCUT2D eigenvalue weighted by Gasteiger charge is 2.69. The van der Waals surface area contributed by atoms with Crippen molar-refractivity contribution in [3.8, 4) is 0 Å². The molecular formula is C42H60O13. The van der Waals surface area contributed by atoms with Crippen LogP contribution < -0.4 is 0 Å². The molecule has 4 unspecified atom stereocenters. The molecule has 21 atom stereocenters. The lowest BCUT2D eigenvalue weighted by Gasteiger charge is -2.51.